The quantitative estimate of drug-likeness (QED) is 0.703. The third-order valence-electron chi connectivity index (χ3n) is 2.39. The molecule has 0 bridgehead atoms. The van der Waals surface area contributed by atoms with E-state index in [-0.39, 0.29) is 0 Å². The average Bonchev–Trinajstić information content (AvgIpc) is 2.31. The molecule has 0 saturated carbocycles. The molecule has 0 N–H and O–H groups in total. The van der Waals surface area contributed by atoms with Crippen molar-refractivity contribution in [2.75, 3.05) is 18.0 Å². The van der Waals surface area contributed by atoms with Crippen molar-refractivity contribution >= 4 is 12.0 Å². The Kier molecular flexibility index (Phi) is 3.87. The van der Waals surface area contributed by atoms with E-state index in [0.29, 0.717) is 11.1 Å². The molecule has 3 nitrogen and oxygen atoms in total. The molecule has 0 aromatic heterocycles. The van der Waals surface area contributed by atoms with Crippen molar-refractivity contribution in [1.29, 1.82) is 5.26 Å². The Bertz CT molecular complexity index is 389. The number of hydrogen-bond donors (Lipinski definition) is 0. The van der Waals surface area contributed by atoms with Crippen LogP contribution in [0.4, 0.5) is 5.69 Å². The first-order valence-corrected chi connectivity index (χ1v) is 5.01. The highest BCUT2D eigenvalue weighted by atomic mass is 16.1. The summed E-state index contributed by atoms with van der Waals surface area (Å²) in [6.45, 7) is 5.78. The Labute approximate surface area is 89.9 Å². The number of carbonyl (C=O) groups excluding carboxylic acids is 1. The SMILES string of the molecule is CCN(CC)c1ccc(C#N)cc1C=O. The number of nitrogens with zero attached hydrogens (tertiary/aromatic N) is 2. The zero-order valence-electron chi connectivity index (χ0n) is 9.03. The Morgan fingerprint density at radius 2 is 2.07 bits per heavy atom. The van der Waals surface area contributed by atoms with Gasteiger partial charge in [-0.05, 0) is 32.0 Å². The summed E-state index contributed by atoms with van der Waals surface area (Å²) in [4.78, 5) is 13.0. The minimum absolute atomic E-state index is 0.521. The second-order valence-electron chi connectivity index (χ2n) is 3.18. The van der Waals surface area contributed by atoms with Gasteiger partial charge >= 0.3 is 0 Å². The minimum atomic E-state index is 0.521. The molecule has 1 aromatic rings. The summed E-state index contributed by atoms with van der Waals surface area (Å²) in [5, 5.41) is 8.72. The number of aldehydes is 1. The second kappa shape index (κ2) is 5.16. The number of nitriles is 1. The molecular formula is C12H14N2O. The first-order valence-electron chi connectivity index (χ1n) is 5.01. The van der Waals surface area contributed by atoms with Crippen molar-refractivity contribution < 1.29 is 4.79 Å². The standard InChI is InChI=1S/C12H14N2O/c1-3-14(4-2)12-6-5-10(8-13)7-11(12)9-15/h5-7,9H,3-4H2,1-2H3. The largest absolute Gasteiger partial charge is 0.372 e. The fourth-order valence-electron chi connectivity index (χ4n) is 1.57. The molecule has 3 heteroatoms. The second-order valence-corrected chi connectivity index (χ2v) is 3.18. The molecule has 0 amide bonds. The first kappa shape index (κ1) is 11.3. The topological polar surface area (TPSA) is 44.1 Å². The molecule has 0 radical (unpaired) electrons. The Balaban J connectivity index is 3.18. The van der Waals surface area contributed by atoms with E-state index in [1.165, 1.54) is 0 Å². The van der Waals surface area contributed by atoms with E-state index in [9.17, 15) is 4.79 Å². The molecule has 0 saturated heterocycles. The van der Waals surface area contributed by atoms with Crippen LogP contribution in [0.25, 0.3) is 0 Å². The van der Waals surface area contributed by atoms with Gasteiger partial charge in [-0.3, -0.25) is 4.79 Å². The van der Waals surface area contributed by atoms with Crippen molar-refractivity contribution in [3.05, 3.63) is 29.3 Å². The lowest BCUT2D eigenvalue weighted by molar-refractivity contribution is 0.112. The van der Waals surface area contributed by atoms with Gasteiger partial charge in [0.25, 0.3) is 0 Å². The highest BCUT2D eigenvalue weighted by Crippen LogP contribution is 2.20. The fraction of sp³-hybridized carbons (Fsp3) is 0.333. The van der Waals surface area contributed by atoms with E-state index in [4.69, 9.17) is 5.26 Å². The number of benzene rings is 1. The van der Waals surface area contributed by atoms with Gasteiger partial charge in [0.2, 0.25) is 0 Å². The number of rotatable bonds is 4. The van der Waals surface area contributed by atoms with Crippen LogP contribution in [0.3, 0.4) is 0 Å². The van der Waals surface area contributed by atoms with Crippen LogP contribution in [0.15, 0.2) is 18.2 Å². The zero-order valence-corrected chi connectivity index (χ0v) is 9.03. The van der Waals surface area contributed by atoms with Crippen LogP contribution in [0.1, 0.15) is 29.8 Å². The average molecular weight is 202 g/mol. The maximum atomic E-state index is 10.9. The molecule has 1 aromatic carbocycles. The van der Waals surface area contributed by atoms with Gasteiger partial charge in [-0.15, -0.1) is 0 Å². The molecule has 0 spiro atoms. The Morgan fingerprint density at radius 3 is 2.53 bits per heavy atom. The maximum Gasteiger partial charge on any atom is 0.152 e. The van der Waals surface area contributed by atoms with Gasteiger partial charge in [0, 0.05) is 24.3 Å². The monoisotopic (exact) mass is 202 g/mol. The highest BCUT2D eigenvalue weighted by Gasteiger charge is 2.08. The molecule has 0 atom stereocenters. The molecule has 0 aliphatic carbocycles. The summed E-state index contributed by atoms with van der Waals surface area (Å²) in [7, 11) is 0. The Morgan fingerprint density at radius 1 is 1.40 bits per heavy atom. The first-order chi connectivity index (χ1) is 7.26. The van der Waals surface area contributed by atoms with Crippen LogP contribution in [0.5, 0.6) is 0 Å². The van der Waals surface area contributed by atoms with E-state index in [1.54, 1.807) is 12.1 Å². The van der Waals surface area contributed by atoms with Crippen molar-refractivity contribution in [2.24, 2.45) is 0 Å². The predicted molar refractivity (Wildman–Crippen MR) is 60.1 cm³/mol. The molecule has 0 heterocycles. The van der Waals surface area contributed by atoms with Gasteiger partial charge in [0.15, 0.2) is 6.29 Å². The van der Waals surface area contributed by atoms with E-state index in [0.717, 1.165) is 25.1 Å². The molecular weight excluding hydrogens is 188 g/mol. The zero-order chi connectivity index (χ0) is 11.3. The van der Waals surface area contributed by atoms with Crippen LogP contribution in [0, 0.1) is 11.3 Å². The van der Waals surface area contributed by atoms with Crippen LogP contribution < -0.4 is 4.90 Å². The van der Waals surface area contributed by atoms with Crippen molar-refractivity contribution in [1.82, 2.24) is 0 Å². The molecule has 78 valence electrons. The molecule has 15 heavy (non-hydrogen) atoms. The van der Waals surface area contributed by atoms with Crippen molar-refractivity contribution in [2.45, 2.75) is 13.8 Å². The van der Waals surface area contributed by atoms with Crippen LogP contribution in [-0.4, -0.2) is 19.4 Å². The summed E-state index contributed by atoms with van der Waals surface area (Å²) in [5.41, 5.74) is 2.00. The highest BCUT2D eigenvalue weighted by molar-refractivity contribution is 5.85. The number of hydrogen-bond acceptors (Lipinski definition) is 3. The lowest BCUT2D eigenvalue weighted by Gasteiger charge is -2.22. The third-order valence-corrected chi connectivity index (χ3v) is 2.39. The van der Waals surface area contributed by atoms with E-state index >= 15 is 0 Å². The normalized spacial score (nSPS) is 9.40. The van der Waals surface area contributed by atoms with Gasteiger partial charge in [-0.1, -0.05) is 0 Å². The summed E-state index contributed by atoms with van der Waals surface area (Å²) < 4.78 is 0. The summed E-state index contributed by atoms with van der Waals surface area (Å²) in [5.74, 6) is 0. The lowest BCUT2D eigenvalue weighted by Crippen LogP contribution is -2.23. The van der Waals surface area contributed by atoms with Crippen LogP contribution in [-0.2, 0) is 0 Å². The minimum Gasteiger partial charge on any atom is -0.372 e. The van der Waals surface area contributed by atoms with Gasteiger partial charge in [-0.2, -0.15) is 5.26 Å². The van der Waals surface area contributed by atoms with E-state index in [2.05, 4.69) is 4.90 Å². The Hall–Kier alpha value is -1.82. The number of carbonyl (C=O) groups is 1. The van der Waals surface area contributed by atoms with E-state index < -0.39 is 0 Å². The maximum absolute atomic E-state index is 10.9. The van der Waals surface area contributed by atoms with Gasteiger partial charge in [0.1, 0.15) is 0 Å². The summed E-state index contributed by atoms with van der Waals surface area (Å²) in [6.07, 6.45) is 0.800. The summed E-state index contributed by atoms with van der Waals surface area (Å²) in [6, 6.07) is 7.22. The fourth-order valence-corrected chi connectivity index (χ4v) is 1.57. The number of anilines is 1. The van der Waals surface area contributed by atoms with Crippen molar-refractivity contribution in [3.63, 3.8) is 0 Å². The van der Waals surface area contributed by atoms with Crippen molar-refractivity contribution in [3.8, 4) is 6.07 Å². The summed E-state index contributed by atoms with van der Waals surface area (Å²) >= 11 is 0. The molecule has 1 rings (SSSR count). The molecule has 0 unspecified atom stereocenters. The van der Waals surface area contributed by atoms with E-state index in [1.807, 2.05) is 26.0 Å². The molecule has 0 aliphatic heterocycles. The lowest BCUT2D eigenvalue weighted by atomic mass is 10.1. The molecule has 0 fully saturated rings. The van der Waals surface area contributed by atoms with Crippen LogP contribution >= 0.6 is 0 Å². The molecule has 0 aliphatic rings. The van der Waals surface area contributed by atoms with Crippen LogP contribution in [0.2, 0.25) is 0 Å². The van der Waals surface area contributed by atoms with Gasteiger partial charge in [0.05, 0.1) is 11.6 Å². The smallest absolute Gasteiger partial charge is 0.152 e. The van der Waals surface area contributed by atoms with Gasteiger partial charge < -0.3 is 4.90 Å². The van der Waals surface area contributed by atoms with Gasteiger partial charge in [-0.25, -0.2) is 0 Å². The predicted octanol–water partition coefficient (Wildman–Crippen LogP) is 2.22. The third kappa shape index (κ3) is 2.35.